The number of nitrogens with zero attached hydrogens (tertiary/aromatic N) is 2. The molecule has 2 heterocycles. The molecule has 0 N–H and O–H groups in total. The molecule has 1 unspecified atom stereocenters. The summed E-state index contributed by atoms with van der Waals surface area (Å²) in [5, 5.41) is 6.81. The van der Waals surface area contributed by atoms with E-state index in [0.717, 1.165) is 71.3 Å². The summed E-state index contributed by atoms with van der Waals surface area (Å²) in [5.41, 5.74) is 11.0. The topological polar surface area (TPSA) is 23.6 Å². The van der Waals surface area contributed by atoms with Crippen LogP contribution >= 0.6 is 7.14 Å². The van der Waals surface area contributed by atoms with Crippen LogP contribution < -0.4 is 25.7 Å². The fourth-order valence-corrected chi connectivity index (χ4v) is 12.9. The maximum Gasteiger partial charge on any atom is 0.176 e. The molecule has 272 valence electrons. The Bertz CT molecular complexity index is 3010. The van der Waals surface area contributed by atoms with Crippen LogP contribution in [0.5, 0.6) is 0 Å². The molecule has 0 saturated carbocycles. The summed E-state index contributed by atoms with van der Waals surface area (Å²) < 4.78 is 16.8. The van der Waals surface area contributed by atoms with Gasteiger partial charge in [0.25, 0.3) is 0 Å². The van der Waals surface area contributed by atoms with Gasteiger partial charge in [-0.15, -0.1) is 0 Å². The molecule has 11 rings (SSSR count). The summed E-state index contributed by atoms with van der Waals surface area (Å²) in [6, 6.07) is 70.9. The Morgan fingerprint density at radius 2 is 0.912 bits per heavy atom. The lowest BCUT2D eigenvalue weighted by Gasteiger charge is -2.42. The van der Waals surface area contributed by atoms with Crippen LogP contribution in [0.1, 0.15) is 25.0 Å². The van der Waals surface area contributed by atoms with Gasteiger partial charge in [-0.1, -0.05) is 147 Å². The Morgan fingerprint density at radius 1 is 0.404 bits per heavy atom. The van der Waals surface area contributed by atoms with Crippen LogP contribution in [0.25, 0.3) is 32.7 Å². The zero-order valence-corrected chi connectivity index (χ0v) is 32.7. The van der Waals surface area contributed by atoms with Gasteiger partial charge in [-0.2, -0.15) is 0 Å². The van der Waals surface area contributed by atoms with Crippen molar-refractivity contribution in [3.05, 3.63) is 211 Å². The number of hydrogen-bond donors (Lipinski definition) is 0. The Hall–Kier alpha value is -6.67. The zero-order chi connectivity index (χ0) is 38.3. The van der Waals surface area contributed by atoms with Gasteiger partial charge in [-0.25, -0.2) is 0 Å². The summed E-state index contributed by atoms with van der Waals surface area (Å²) in [7, 11) is -3.47. The van der Waals surface area contributed by atoms with Crippen molar-refractivity contribution in [3.8, 4) is 11.1 Å². The quantitative estimate of drug-likeness (QED) is 0.132. The molecular weight excluding hydrogens is 712 g/mol. The number of para-hydroxylation sites is 4. The molecule has 57 heavy (non-hydrogen) atoms. The Labute approximate surface area is 333 Å². The Balaban J connectivity index is 1.16. The summed E-state index contributed by atoms with van der Waals surface area (Å²) in [6.07, 6.45) is 0. The van der Waals surface area contributed by atoms with Crippen molar-refractivity contribution in [3.63, 3.8) is 0 Å². The van der Waals surface area contributed by atoms with Crippen molar-refractivity contribution in [2.45, 2.75) is 19.3 Å². The van der Waals surface area contributed by atoms with Crippen LogP contribution in [-0.2, 0) is 9.98 Å². The van der Waals surface area contributed by atoms with Crippen LogP contribution in [0.3, 0.4) is 0 Å². The van der Waals surface area contributed by atoms with Crippen LogP contribution in [0, 0.1) is 0 Å². The van der Waals surface area contributed by atoms with E-state index in [2.05, 4.69) is 212 Å². The molecule has 0 fully saturated rings. The maximum atomic E-state index is 16.8. The van der Waals surface area contributed by atoms with Crippen molar-refractivity contribution in [1.29, 1.82) is 0 Å². The van der Waals surface area contributed by atoms with E-state index in [4.69, 9.17) is 0 Å². The van der Waals surface area contributed by atoms with Crippen molar-refractivity contribution in [2.24, 2.45) is 0 Å². The van der Waals surface area contributed by atoms with E-state index in [0.29, 0.717) is 0 Å². The Morgan fingerprint density at radius 3 is 1.60 bits per heavy atom. The summed E-state index contributed by atoms with van der Waals surface area (Å²) in [6.45, 7) is 4.64. The van der Waals surface area contributed by atoms with Crippen molar-refractivity contribution in [1.82, 2.24) is 0 Å². The predicted octanol–water partition coefficient (Wildman–Crippen LogP) is 13.2. The second-order valence-corrected chi connectivity index (χ2v) is 18.3. The first-order valence-corrected chi connectivity index (χ1v) is 21.3. The van der Waals surface area contributed by atoms with Gasteiger partial charge in [0.05, 0.1) is 22.7 Å². The van der Waals surface area contributed by atoms with E-state index in [1.54, 1.807) is 0 Å². The van der Waals surface area contributed by atoms with Gasteiger partial charge in [0.2, 0.25) is 0 Å². The Kier molecular flexibility index (Phi) is 7.49. The monoisotopic (exact) mass is 750 g/mol. The fraction of sp³-hybridized carbons (Fsp3) is 0.0566. The van der Waals surface area contributed by atoms with E-state index < -0.39 is 7.14 Å². The highest BCUT2D eigenvalue weighted by Crippen LogP contribution is 2.57. The average Bonchev–Trinajstić information content (AvgIpc) is 3.26. The highest BCUT2D eigenvalue weighted by molar-refractivity contribution is 7.86. The number of fused-ring (bicyclic) bond motifs is 6. The van der Waals surface area contributed by atoms with Crippen molar-refractivity contribution >= 4 is 78.7 Å². The number of rotatable bonds is 4. The molecule has 4 heteroatoms. The highest BCUT2D eigenvalue weighted by Gasteiger charge is 2.43. The molecule has 1 atom stereocenters. The predicted molar refractivity (Wildman–Crippen MR) is 241 cm³/mol. The molecule has 0 amide bonds. The van der Waals surface area contributed by atoms with Crippen molar-refractivity contribution in [2.75, 3.05) is 9.80 Å². The van der Waals surface area contributed by atoms with Crippen LogP contribution in [0.2, 0.25) is 0 Å². The molecule has 0 aromatic heterocycles. The third kappa shape index (κ3) is 4.96. The van der Waals surface area contributed by atoms with E-state index >= 15 is 4.57 Å². The maximum absolute atomic E-state index is 16.8. The minimum atomic E-state index is -3.47. The molecule has 0 radical (unpaired) electrons. The third-order valence-corrected chi connectivity index (χ3v) is 15.4. The van der Waals surface area contributed by atoms with Gasteiger partial charge in [-0.3, -0.25) is 0 Å². The molecule has 9 aromatic carbocycles. The first kappa shape index (κ1) is 33.6. The van der Waals surface area contributed by atoms with Crippen molar-refractivity contribution < 1.29 is 4.57 Å². The molecule has 2 aliphatic heterocycles. The number of benzene rings is 9. The third-order valence-electron chi connectivity index (χ3n) is 12.2. The van der Waals surface area contributed by atoms with E-state index in [9.17, 15) is 0 Å². The summed E-state index contributed by atoms with van der Waals surface area (Å²) in [5.74, 6) is 0. The molecule has 0 spiro atoms. The lowest BCUT2D eigenvalue weighted by atomic mass is 9.73. The van der Waals surface area contributed by atoms with E-state index in [1.165, 1.54) is 22.5 Å². The first-order chi connectivity index (χ1) is 27.9. The molecule has 0 saturated heterocycles. The molecule has 2 aliphatic rings. The SMILES string of the molecule is CC1(C)c2ccccc2N(c2cccc(-c3ccc4c(c3)N(c3ccccc3)c3ccccc3P4(=O)c3c4ccccc4cc4ccccc34)c2)c2ccccc21. The standard InChI is InChI=1S/C53H39N2OP/c1-53(2)44-25-10-12-27-46(44)55(47-28-13-11-26-45(47)53)41-22-16-19-36(34-41)37-31-32-51-49(35-37)54(40-20-4-3-5-21-40)48-29-14-15-30-50(48)57(51,56)52-42-23-8-6-17-38(42)33-39-18-7-9-24-43(39)52/h3-35H,1-2H3. The van der Waals surface area contributed by atoms with E-state index in [1.807, 2.05) is 12.1 Å². The molecule has 9 aromatic rings. The molecule has 0 bridgehead atoms. The van der Waals surface area contributed by atoms with Gasteiger partial charge in [0.15, 0.2) is 7.14 Å². The molecule has 0 aliphatic carbocycles. The molecule has 3 nitrogen and oxygen atoms in total. The first-order valence-electron chi connectivity index (χ1n) is 19.6. The van der Waals surface area contributed by atoms with Crippen LogP contribution in [0.15, 0.2) is 200 Å². The number of hydrogen-bond acceptors (Lipinski definition) is 3. The normalized spacial score (nSPS) is 16.5. The minimum Gasteiger partial charge on any atom is -0.310 e. The van der Waals surface area contributed by atoms with Crippen LogP contribution in [0.4, 0.5) is 34.1 Å². The second-order valence-electron chi connectivity index (χ2n) is 15.7. The van der Waals surface area contributed by atoms with Gasteiger partial charge < -0.3 is 14.4 Å². The zero-order valence-electron chi connectivity index (χ0n) is 31.8. The highest BCUT2D eigenvalue weighted by atomic mass is 31.2. The lowest BCUT2D eigenvalue weighted by Crippen LogP contribution is -2.37. The summed E-state index contributed by atoms with van der Waals surface area (Å²) >= 11 is 0. The lowest BCUT2D eigenvalue weighted by molar-refractivity contribution is 0.592. The molecular formula is C53H39N2OP. The van der Waals surface area contributed by atoms with Gasteiger partial charge in [0.1, 0.15) is 0 Å². The number of anilines is 6. The largest absolute Gasteiger partial charge is 0.310 e. The fourth-order valence-electron chi connectivity index (χ4n) is 9.52. The van der Waals surface area contributed by atoms with Gasteiger partial charge in [0, 0.05) is 32.7 Å². The van der Waals surface area contributed by atoms with E-state index in [-0.39, 0.29) is 5.41 Å². The average molecular weight is 751 g/mol. The smallest absolute Gasteiger partial charge is 0.176 e. The minimum absolute atomic E-state index is 0.139. The van der Waals surface area contributed by atoms with Crippen LogP contribution in [-0.4, -0.2) is 0 Å². The van der Waals surface area contributed by atoms with Gasteiger partial charge in [-0.05, 0) is 111 Å². The summed E-state index contributed by atoms with van der Waals surface area (Å²) in [4.78, 5) is 4.71. The second kappa shape index (κ2) is 12.7. The van der Waals surface area contributed by atoms with Gasteiger partial charge >= 0.3 is 0 Å².